The number of rotatable bonds is 10. The van der Waals surface area contributed by atoms with Gasteiger partial charge in [-0.3, -0.25) is 9.59 Å². The molecule has 2 atom stereocenters. The number of ether oxygens (including phenoxy) is 1. The molecule has 0 radical (unpaired) electrons. The average molecular weight is 613 g/mol. The molecule has 12 nitrogen and oxygen atoms in total. The fourth-order valence-corrected chi connectivity index (χ4v) is 3.96. The molecule has 0 fully saturated rings. The number of carbonyl (C=O) groups excluding carboxylic acids is 1. The summed E-state index contributed by atoms with van der Waals surface area (Å²) in [5, 5.41) is 45.3. The molecule has 2 N–H and O–H groups in total. The second kappa shape index (κ2) is 18.9. The number of aliphatic hydroxyl groups excluding tert-OH is 1. The number of methoxy groups -OCH3 is 1. The van der Waals surface area contributed by atoms with E-state index in [4.69, 9.17) is 19.7 Å². The normalized spacial score (nSPS) is 11.6. The van der Waals surface area contributed by atoms with Crippen molar-refractivity contribution in [1.29, 1.82) is 0 Å². The van der Waals surface area contributed by atoms with Crippen molar-refractivity contribution in [3.05, 3.63) is 82.8 Å². The maximum atomic E-state index is 12.6. The van der Waals surface area contributed by atoms with Gasteiger partial charge in [0.1, 0.15) is 5.52 Å². The van der Waals surface area contributed by atoms with Crippen molar-refractivity contribution in [2.75, 3.05) is 7.11 Å². The molecule has 2 aromatic carbocycles. The standard InChI is InChI=1S/C26H26N4O5.CH2O3.2K/c1-35-24-13-11-19(16-27-24)18-9-6-17(7-10-18)8-12-23(31)21(26(33)34)14-15-30-25(32)20-4-2-3-5-22(20)28-29-30;2-1(3)4;;/h2-7,9-11,13,16,21,23,31H,8,12,14-15H2,1H3,(H,33,34);(H2,2,3,4);;/q;;2*+1/p-2/t21-,23+;;;/m0.../s1. The van der Waals surface area contributed by atoms with Crippen molar-refractivity contribution >= 4 is 23.0 Å². The van der Waals surface area contributed by atoms with Gasteiger partial charge >= 0.3 is 109 Å². The Hall–Kier alpha value is -1.57. The van der Waals surface area contributed by atoms with Crippen LogP contribution >= 0.6 is 0 Å². The zero-order valence-electron chi connectivity index (χ0n) is 23.0. The van der Waals surface area contributed by atoms with Crippen molar-refractivity contribution in [2.45, 2.75) is 31.9 Å². The number of hydrogen-bond donors (Lipinski definition) is 2. The summed E-state index contributed by atoms with van der Waals surface area (Å²) in [6.45, 7) is 0.0509. The number of fused-ring (bicyclic) bond motifs is 1. The molecule has 4 rings (SSSR count). The average Bonchev–Trinajstić information content (AvgIpc) is 2.93. The summed E-state index contributed by atoms with van der Waals surface area (Å²) in [5.74, 6) is -1.59. The molecule has 14 heteroatoms. The Bertz CT molecular complexity index is 1460. The van der Waals surface area contributed by atoms with Crippen molar-refractivity contribution in [2.24, 2.45) is 5.92 Å². The molecule has 0 amide bonds. The van der Waals surface area contributed by atoms with Crippen molar-refractivity contribution in [1.82, 2.24) is 20.0 Å². The van der Waals surface area contributed by atoms with Crippen LogP contribution < -0.4 is 123 Å². The second-order valence-electron chi connectivity index (χ2n) is 8.51. The van der Waals surface area contributed by atoms with Gasteiger partial charge in [-0.05, 0) is 54.7 Å². The van der Waals surface area contributed by atoms with Crippen LogP contribution in [0.3, 0.4) is 0 Å². The van der Waals surface area contributed by atoms with E-state index in [1.807, 2.05) is 30.3 Å². The van der Waals surface area contributed by atoms with E-state index < -0.39 is 24.1 Å². The smallest absolute Gasteiger partial charge is 0.652 e. The third-order valence-electron chi connectivity index (χ3n) is 6.02. The topological polar surface area (TPSA) is 191 Å². The number of carboxylic acids is 1. The minimum Gasteiger partial charge on any atom is -0.652 e. The molecular formula is C27H26K2N4O8. The predicted molar refractivity (Wildman–Crippen MR) is 135 cm³/mol. The van der Waals surface area contributed by atoms with E-state index >= 15 is 0 Å². The van der Waals surface area contributed by atoms with Gasteiger partial charge in [-0.2, -0.15) is 0 Å². The van der Waals surface area contributed by atoms with E-state index in [-0.39, 0.29) is 128 Å². The van der Waals surface area contributed by atoms with Crippen LogP contribution in [0.5, 0.6) is 5.88 Å². The van der Waals surface area contributed by atoms with Crippen molar-refractivity contribution in [3.8, 4) is 17.0 Å². The maximum Gasteiger partial charge on any atom is 1.00 e. The van der Waals surface area contributed by atoms with Gasteiger partial charge in [-0.1, -0.05) is 41.6 Å². The number of benzene rings is 2. The molecule has 0 saturated heterocycles. The molecule has 0 saturated carbocycles. The number of carboxylic acid groups (broad SMARTS) is 3. The van der Waals surface area contributed by atoms with E-state index in [0.717, 1.165) is 21.4 Å². The van der Waals surface area contributed by atoms with Crippen molar-refractivity contribution < 1.29 is 138 Å². The largest absolute Gasteiger partial charge is 1.00 e. The summed E-state index contributed by atoms with van der Waals surface area (Å²) < 4.78 is 6.23. The molecule has 204 valence electrons. The number of aliphatic hydroxyl groups is 1. The van der Waals surface area contributed by atoms with Gasteiger partial charge in [0, 0.05) is 24.4 Å². The Morgan fingerprint density at radius 2 is 1.61 bits per heavy atom. The van der Waals surface area contributed by atoms with Gasteiger partial charge in [-0.15, -0.1) is 5.10 Å². The first kappa shape index (κ1) is 37.5. The third-order valence-corrected chi connectivity index (χ3v) is 6.02. The van der Waals surface area contributed by atoms with Gasteiger partial charge in [-0.25, -0.2) is 9.67 Å². The number of aromatic nitrogens is 4. The van der Waals surface area contributed by atoms with Crippen LogP contribution in [0.4, 0.5) is 4.79 Å². The number of aliphatic carboxylic acids is 1. The van der Waals surface area contributed by atoms with Crippen LogP contribution in [0.2, 0.25) is 0 Å². The van der Waals surface area contributed by atoms with E-state index in [0.29, 0.717) is 23.2 Å². The maximum absolute atomic E-state index is 12.6. The quantitative estimate of drug-likeness (QED) is 0.163. The molecule has 0 aliphatic rings. The summed E-state index contributed by atoms with van der Waals surface area (Å²) in [5.41, 5.74) is 3.08. The number of carbonyl (C=O) groups is 2. The molecule has 0 bridgehead atoms. The summed E-state index contributed by atoms with van der Waals surface area (Å²) in [6.07, 6.45) is -0.810. The zero-order valence-corrected chi connectivity index (χ0v) is 29.2. The van der Waals surface area contributed by atoms with E-state index in [9.17, 15) is 19.8 Å². The first-order valence-electron chi connectivity index (χ1n) is 11.9. The summed E-state index contributed by atoms with van der Waals surface area (Å²) in [6, 6.07) is 18.4. The van der Waals surface area contributed by atoms with Gasteiger partial charge in [0.15, 0.2) is 0 Å². The number of aryl methyl sites for hydroxylation is 2. The Morgan fingerprint density at radius 3 is 2.20 bits per heavy atom. The third kappa shape index (κ3) is 11.6. The monoisotopic (exact) mass is 612 g/mol. The van der Waals surface area contributed by atoms with Gasteiger partial charge < -0.3 is 30.0 Å². The predicted octanol–water partition coefficient (Wildman–Crippen LogP) is -5.49. The SMILES string of the molecule is COc1ccc(-c2ccc(CC[C@@H](O)[C@H](CCn3nnc4ccccc4c3=O)C(=O)O)cc2)cn1.O=C([O-])[O-].[K+].[K+]. The molecule has 0 aliphatic carbocycles. The van der Waals surface area contributed by atoms with Crippen LogP contribution in [0.25, 0.3) is 22.0 Å². The molecule has 0 unspecified atom stereocenters. The Morgan fingerprint density at radius 1 is 0.976 bits per heavy atom. The van der Waals surface area contributed by atoms with Crippen LogP contribution in [0.1, 0.15) is 18.4 Å². The number of pyridine rings is 1. The summed E-state index contributed by atoms with van der Waals surface area (Å²) in [4.78, 5) is 37.0. The first-order valence-corrected chi connectivity index (χ1v) is 11.9. The van der Waals surface area contributed by atoms with Gasteiger partial charge in [0.05, 0.1) is 24.5 Å². The molecule has 2 heterocycles. The molecule has 0 aliphatic heterocycles. The minimum absolute atomic E-state index is 0. The second-order valence-corrected chi connectivity index (χ2v) is 8.51. The van der Waals surface area contributed by atoms with Crippen LogP contribution in [0.15, 0.2) is 71.7 Å². The first-order chi connectivity index (χ1) is 18.7. The summed E-state index contributed by atoms with van der Waals surface area (Å²) in [7, 11) is 1.57. The fourth-order valence-electron chi connectivity index (χ4n) is 3.96. The van der Waals surface area contributed by atoms with Crippen LogP contribution in [0, 0.1) is 5.92 Å². The number of nitrogens with zero attached hydrogens (tertiary/aromatic N) is 4. The molecule has 4 aromatic rings. The van der Waals surface area contributed by atoms with E-state index in [1.165, 1.54) is 0 Å². The van der Waals surface area contributed by atoms with Crippen LogP contribution in [-0.4, -0.2) is 55.5 Å². The molecule has 0 spiro atoms. The Labute approximate surface area is 320 Å². The Balaban J connectivity index is 0.00000131. The van der Waals surface area contributed by atoms with E-state index in [1.54, 1.807) is 43.6 Å². The Kier molecular flexibility index (Phi) is 17.2. The van der Waals surface area contributed by atoms with Crippen LogP contribution in [-0.2, 0) is 17.8 Å². The molecule has 41 heavy (non-hydrogen) atoms. The number of hydrogen-bond acceptors (Lipinski definition) is 10. The van der Waals surface area contributed by atoms with Gasteiger partial charge in [0.2, 0.25) is 5.88 Å². The molecular weight excluding hydrogens is 587 g/mol. The summed E-state index contributed by atoms with van der Waals surface area (Å²) >= 11 is 0. The van der Waals surface area contributed by atoms with Crippen molar-refractivity contribution in [3.63, 3.8) is 0 Å². The fraction of sp³-hybridized carbons (Fsp3) is 0.259. The zero-order chi connectivity index (χ0) is 28.4. The van der Waals surface area contributed by atoms with E-state index in [2.05, 4.69) is 15.3 Å². The molecule has 2 aromatic heterocycles. The minimum atomic E-state index is -2.33. The van der Waals surface area contributed by atoms with Gasteiger partial charge in [0.25, 0.3) is 5.56 Å².